The number of nitrogens with one attached hydrogen (secondary N) is 1. The summed E-state index contributed by atoms with van der Waals surface area (Å²) in [4.78, 5) is 37.0. The zero-order valence-corrected chi connectivity index (χ0v) is 18.8. The van der Waals surface area contributed by atoms with Gasteiger partial charge in [0, 0.05) is 12.0 Å². The fourth-order valence-electron chi connectivity index (χ4n) is 4.22. The van der Waals surface area contributed by atoms with E-state index in [1.807, 2.05) is 6.07 Å². The largest absolute Gasteiger partial charge is 0.482 e. The number of methoxy groups -OCH3 is 2. The number of esters is 1. The molecule has 7 nitrogen and oxygen atoms in total. The Morgan fingerprint density at radius 2 is 1.70 bits per heavy atom. The SMILES string of the molecule is COC(=O)C1CCC(C)(C)CC1=O.COc1[nH]c(=O)c(C#N)c2c1CCC(C)(C)C2. The molecule has 7 heteroatoms. The van der Waals surface area contributed by atoms with Crippen molar-refractivity contribution in [1.29, 1.82) is 5.26 Å². The predicted octanol–water partition coefficient (Wildman–Crippen LogP) is 3.32. The Hall–Kier alpha value is -2.62. The van der Waals surface area contributed by atoms with Gasteiger partial charge in [-0.25, -0.2) is 0 Å². The second-order valence-corrected chi connectivity index (χ2v) is 9.69. The third-order valence-corrected chi connectivity index (χ3v) is 6.05. The molecule has 0 bridgehead atoms. The third kappa shape index (κ3) is 5.29. The Morgan fingerprint density at radius 3 is 2.23 bits per heavy atom. The van der Waals surface area contributed by atoms with Gasteiger partial charge in [-0.2, -0.15) is 5.26 Å². The average molecular weight is 417 g/mol. The van der Waals surface area contributed by atoms with Crippen LogP contribution in [0.25, 0.3) is 0 Å². The van der Waals surface area contributed by atoms with Gasteiger partial charge in [-0.05, 0) is 48.5 Å². The number of hydrogen-bond donors (Lipinski definition) is 1. The number of carbonyl (C=O) groups excluding carboxylic acids is 2. The number of hydrogen-bond acceptors (Lipinski definition) is 6. The van der Waals surface area contributed by atoms with E-state index >= 15 is 0 Å². The molecule has 1 aromatic rings. The van der Waals surface area contributed by atoms with Crippen molar-refractivity contribution in [3.8, 4) is 11.9 Å². The van der Waals surface area contributed by atoms with Crippen LogP contribution in [0, 0.1) is 28.1 Å². The molecular weight excluding hydrogens is 384 g/mol. The van der Waals surface area contributed by atoms with E-state index in [1.165, 1.54) is 14.2 Å². The third-order valence-electron chi connectivity index (χ3n) is 6.05. The number of H-pyrrole nitrogens is 1. The number of nitrogens with zero attached hydrogens (tertiary/aromatic N) is 1. The molecule has 1 saturated carbocycles. The van der Waals surface area contributed by atoms with Gasteiger partial charge in [0.1, 0.15) is 23.3 Å². The number of pyridine rings is 1. The van der Waals surface area contributed by atoms with E-state index in [-0.39, 0.29) is 33.7 Å². The van der Waals surface area contributed by atoms with Gasteiger partial charge in [0.15, 0.2) is 5.88 Å². The van der Waals surface area contributed by atoms with E-state index in [0.717, 1.165) is 36.8 Å². The van der Waals surface area contributed by atoms with Crippen LogP contribution in [0.4, 0.5) is 0 Å². The Morgan fingerprint density at radius 1 is 1.07 bits per heavy atom. The summed E-state index contributed by atoms with van der Waals surface area (Å²) >= 11 is 0. The second-order valence-electron chi connectivity index (χ2n) is 9.69. The van der Waals surface area contributed by atoms with Gasteiger partial charge in [-0.3, -0.25) is 19.4 Å². The number of fused-ring (bicyclic) bond motifs is 1. The Labute approximate surface area is 177 Å². The molecule has 164 valence electrons. The van der Waals surface area contributed by atoms with Gasteiger partial charge >= 0.3 is 5.97 Å². The molecule has 1 heterocycles. The number of carbonyl (C=O) groups is 2. The summed E-state index contributed by atoms with van der Waals surface area (Å²) in [5.41, 5.74) is 1.95. The second kappa shape index (κ2) is 9.03. The summed E-state index contributed by atoms with van der Waals surface area (Å²) in [7, 11) is 2.87. The van der Waals surface area contributed by atoms with E-state index < -0.39 is 5.92 Å². The van der Waals surface area contributed by atoms with Crippen molar-refractivity contribution in [3.63, 3.8) is 0 Å². The van der Waals surface area contributed by atoms with Crippen LogP contribution in [0.3, 0.4) is 0 Å². The summed E-state index contributed by atoms with van der Waals surface area (Å²) in [6.45, 7) is 8.42. The van der Waals surface area contributed by atoms with Crippen LogP contribution in [0.2, 0.25) is 0 Å². The molecule has 0 saturated heterocycles. The van der Waals surface area contributed by atoms with Crippen LogP contribution < -0.4 is 10.3 Å². The minimum absolute atomic E-state index is 0.0306. The molecule has 0 radical (unpaired) electrons. The van der Waals surface area contributed by atoms with Gasteiger partial charge in [-0.1, -0.05) is 27.7 Å². The van der Waals surface area contributed by atoms with Crippen LogP contribution in [0.15, 0.2) is 4.79 Å². The van der Waals surface area contributed by atoms with Crippen LogP contribution in [0.5, 0.6) is 5.88 Å². The van der Waals surface area contributed by atoms with Gasteiger partial charge < -0.3 is 9.47 Å². The van der Waals surface area contributed by atoms with Crippen LogP contribution in [-0.2, 0) is 27.2 Å². The zero-order chi connectivity index (χ0) is 22.7. The topological polar surface area (TPSA) is 109 Å². The molecule has 0 spiro atoms. The molecule has 2 aliphatic carbocycles. The van der Waals surface area contributed by atoms with Crippen LogP contribution in [0.1, 0.15) is 70.1 Å². The van der Waals surface area contributed by atoms with E-state index in [0.29, 0.717) is 18.7 Å². The quantitative estimate of drug-likeness (QED) is 0.585. The number of aromatic nitrogens is 1. The lowest BCUT2D eigenvalue weighted by Gasteiger charge is -2.32. The smallest absolute Gasteiger partial charge is 0.316 e. The Bertz CT molecular complexity index is 921. The van der Waals surface area contributed by atoms with Crippen molar-refractivity contribution in [2.75, 3.05) is 14.2 Å². The fraction of sp³-hybridized carbons (Fsp3) is 0.652. The molecule has 1 fully saturated rings. The lowest BCUT2D eigenvalue weighted by atomic mass is 9.72. The first-order chi connectivity index (χ1) is 13.9. The maximum atomic E-state index is 11.8. The van der Waals surface area contributed by atoms with Gasteiger partial charge in [0.05, 0.1) is 14.2 Å². The van der Waals surface area contributed by atoms with Gasteiger partial charge in [-0.15, -0.1) is 0 Å². The van der Waals surface area contributed by atoms with Crippen molar-refractivity contribution < 1.29 is 19.1 Å². The van der Waals surface area contributed by atoms with Crippen LogP contribution in [-0.4, -0.2) is 31.0 Å². The summed E-state index contributed by atoms with van der Waals surface area (Å²) in [6, 6.07) is 2.01. The van der Waals surface area contributed by atoms with E-state index in [2.05, 4.69) is 37.4 Å². The molecule has 1 unspecified atom stereocenters. The number of rotatable bonds is 2. The van der Waals surface area contributed by atoms with E-state index in [1.54, 1.807) is 0 Å². The molecule has 0 aromatic carbocycles. The van der Waals surface area contributed by atoms with Crippen molar-refractivity contribution >= 4 is 11.8 Å². The monoisotopic (exact) mass is 416 g/mol. The molecule has 3 rings (SSSR count). The number of ketones is 1. The van der Waals surface area contributed by atoms with Crippen molar-refractivity contribution in [1.82, 2.24) is 4.98 Å². The molecule has 1 atom stereocenters. The fourth-order valence-corrected chi connectivity index (χ4v) is 4.22. The molecule has 30 heavy (non-hydrogen) atoms. The Balaban J connectivity index is 0.000000222. The predicted molar refractivity (Wildman–Crippen MR) is 112 cm³/mol. The highest BCUT2D eigenvalue weighted by Crippen LogP contribution is 2.38. The summed E-state index contributed by atoms with van der Waals surface area (Å²) < 4.78 is 9.76. The maximum Gasteiger partial charge on any atom is 0.316 e. The summed E-state index contributed by atoms with van der Waals surface area (Å²) in [5, 5.41) is 9.10. The standard InChI is InChI=1S/C13H16N2O2.C10H16O3/c1-13(2)5-4-8-9(6-13)10(7-14)11(16)15-12(8)17-3;1-10(2)5-4-7(8(11)6-10)9(12)13-3/h4-6H2,1-3H3,(H,15,16);7H,4-6H2,1-3H3. The van der Waals surface area contributed by atoms with Crippen molar-refractivity contribution in [3.05, 3.63) is 27.0 Å². The first-order valence-corrected chi connectivity index (χ1v) is 10.3. The molecule has 0 aliphatic heterocycles. The number of ether oxygens (including phenoxy) is 2. The van der Waals surface area contributed by atoms with Crippen molar-refractivity contribution in [2.45, 2.75) is 66.2 Å². The Kier molecular flexibility index (Phi) is 7.12. The highest BCUT2D eigenvalue weighted by molar-refractivity contribution is 5.99. The van der Waals surface area contributed by atoms with E-state index in [9.17, 15) is 14.4 Å². The maximum absolute atomic E-state index is 11.8. The summed E-state index contributed by atoms with van der Waals surface area (Å²) in [5.74, 6) is -0.332. The molecule has 1 N–H and O–H groups in total. The van der Waals surface area contributed by atoms with Crippen molar-refractivity contribution in [2.24, 2.45) is 16.7 Å². The average Bonchev–Trinajstić information content (AvgIpc) is 2.66. The highest BCUT2D eigenvalue weighted by atomic mass is 16.5. The molecule has 2 aliphatic rings. The van der Waals surface area contributed by atoms with Gasteiger partial charge in [0.25, 0.3) is 5.56 Å². The minimum atomic E-state index is -0.502. The normalized spacial score (nSPS) is 21.4. The molecule has 1 aromatic heterocycles. The van der Waals surface area contributed by atoms with Crippen LogP contribution >= 0.6 is 0 Å². The zero-order valence-electron chi connectivity index (χ0n) is 18.8. The minimum Gasteiger partial charge on any atom is -0.482 e. The number of aromatic amines is 1. The lowest BCUT2D eigenvalue weighted by molar-refractivity contribution is -0.152. The summed E-state index contributed by atoms with van der Waals surface area (Å²) in [6.07, 6.45) is 4.68. The first kappa shape index (κ1) is 23.7. The number of Topliss-reactive ketones (excluding diaryl/α,β-unsaturated/α-hetero) is 1. The molecule has 0 amide bonds. The van der Waals surface area contributed by atoms with E-state index in [4.69, 9.17) is 10.00 Å². The first-order valence-electron chi connectivity index (χ1n) is 10.3. The number of nitriles is 1. The highest BCUT2D eigenvalue weighted by Gasteiger charge is 2.37. The van der Waals surface area contributed by atoms with Gasteiger partial charge in [0.2, 0.25) is 0 Å². The lowest BCUT2D eigenvalue weighted by Crippen LogP contribution is -2.35. The molecular formula is C23H32N2O5.